The highest BCUT2D eigenvalue weighted by molar-refractivity contribution is 5.93. The normalized spacial score (nSPS) is 9.76. The van der Waals surface area contributed by atoms with Crippen molar-refractivity contribution in [3.05, 3.63) is 41.5 Å². The summed E-state index contributed by atoms with van der Waals surface area (Å²) in [6.45, 7) is 3.90. The quantitative estimate of drug-likeness (QED) is 0.479. The van der Waals surface area contributed by atoms with Crippen LogP contribution in [0.15, 0.2) is 29.0 Å². The highest BCUT2D eigenvalue weighted by Gasteiger charge is 2.20. The van der Waals surface area contributed by atoms with Gasteiger partial charge in [0.1, 0.15) is 5.69 Å². The molecule has 90 valence electrons. The van der Waals surface area contributed by atoms with E-state index in [1.807, 2.05) is 35.9 Å². The van der Waals surface area contributed by atoms with Crippen molar-refractivity contribution in [2.75, 3.05) is 0 Å². The summed E-state index contributed by atoms with van der Waals surface area (Å²) in [5, 5.41) is 7.18. The van der Waals surface area contributed by atoms with Gasteiger partial charge in [0, 0.05) is 19.1 Å². The Labute approximate surface area is 109 Å². The van der Waals surface area contributed by atoms with E-state index >= 15 is 0 Å². The van der Waals surface area contributed by atoms with Gasteiger partial charge in [-0.25, -0.2) is 4.63 Å². The van der Waals surface area contributed by atoms with Crippen LogP contribution in [-0.4, -0.2) is 16.1 Å². The molecule has 0 N–H and O–H groups in total. The summed E-state index contributed by atoms with van der Waals surface area (Å²) in [4.78, 5) is 11.9. The van der Waals surface area contributed by atoms with Gasteiger partial charge in [-0.1, -0.05) is 11.2 Å². The lowest BCUT2D eigenvalue weighted by Crippen LogP contribution is -3.00. The SMILES string of the molecule is Cc1nonc1C(=O)C[n+]1ccccc1C.[Br-]. The van der Waals surface area contributed by atoms with E-state index in [0.717, 1.165) is 5.69 Å². The first-order valence-electron chi connectivity index (χ1n) is 4.96. The molecular formula is C11H12BrN3O2. The number of ketones is 1. The molecule has 0 aromatic carbocycles. The summed E-state index contributed by atoms with van der Waals surface area (Å²) in [7, 11) is 0. The summed E-state index contributed by atoms with van der Waals surface area (Å²) in [5.74, 6) is -0.0990. The van der Waals surface area contributed by atoms with Gasteiger partial charge in [0.25, 0.3) is 5.78 Å². The van der Waals surface area contributed by atoms with Crippen molar-refractivity contribution in [1.82, 2.24) is 10.3 Å². The average molecular weight is 298 g/mol. The van der Waals surface area contributed by atoms with Crippen molar-refractivity contribution in [2.45, 2.75) is 20.4 Å². The Kier molecular flexibility index (Phi) is 4.51. The maximum Gasteiger partial charge on any atom is 0.251 e. The smallest absolute Gasteiger partial charge is 0.251 e. The third-order valence-electron chi connectivity index (χ3n) is 2.40. The molecule has 0 spiro atoms. The fraction of sp³-hybridized carbons (Fsp3) is 0.273. The molecule has 0 aliphatic heterocycles. The lowest BCUT2D eigenvalue weighted by molar-refractivity contribution is -0.689. The number of halogens is 1. The van der Waals surface area contributed by atoms with Gasteiger partial charge in [-0.15, -0.1) is 0 Å². The van der Waals surface area contributed by atoms with Crippen LogP contribution >= 0.6 is 0 Å². The lowest BCUT2D eigenvalue weighted by Gasteiger charge is -1.97. The van der Waals surface area contributed by atoms with Gasteiger partial charge in [0.2, 0.25) is 6.54 Å². The van der Waals surface area contributed by atoms with Crippen LogP contribution in [0, 0.1) is 13.8 Å². The molecule has 0 radical (unpaired) electrons. The zero-order chi connectivity index (χ0) is 11.5. The molecule has 0 aliphatic carbocycles. The minimum atomic E-state index is -0.0990. The molecule has 2 rings (SSSR count). The van der Waals surface area contributed by atoms with Crippen LogP contribution in [0.25, 0.3) is 0 Å². The maximum absolute atomic E-state index is 11.9. The topological polar surface area (TPSA) is 59.9 Å². The van der Waals surface area contributed by atoms with Crippen molar-refractivity contribution in [1.29, 1.82) is 0 Å². The second-order valence-corrected chi connectivity index (χ2v) is 3.59. The van der Waals surface area contributed by atoms with E-state index in [4.69, 9.17) is 0 Å². The van der Waals surface area contributed by atoms with Crippen LogP contribution in [0.5, 0.6) is 0 Å². The van der Waals surface area contributed by atoms with Crippen LogP contribution in [0.1, 0.15) is 21.9 Å². The maximum atomic E-state index is 11.9. The van der Waals surface area contributed by atoms with E-state index < -0.39 is 0 Å². The lowest BCUT2D eigenvalue weighted by atomic mass is 10.2. The van der Waals surface area contributed by atoms with Crippen LogP contribution in [0.4, 0.5) is 0 Å². The molecule has 2 heterocycles. The number of rotatable bonds is 3. The molecule has 0 bridgehead atoms. The van der Waals surface area contributed by atoms with E-state index in [-0.39, 0.29) is 29.3 Å². The predicted molar refractivity (Wildman–Crippen MR) is 54.7 cm³/mol. The molecule has 2 aromatic rings. The molecule has 17 heavy (non-hydrogen) atoms. The monoisotopic (exact) mass is 297 g/mol. The fourth-order valence-electron chi connectivity index (χ4n) is 1.45. The number of hydrogen-bond acceptors (Lipinski definition) is 4. The predicted octanol–water partition coefficient (Wildman–Crippen LogP) is -2.14. The molecule has 2 aromatic heterocycles. The molecule has 0 saturated carbocycles. The molecule has 0 unspecified atom stereocenters. The van der Waals surface area contributed by atoms with Crippen molar-refractivity contribution in [3.63, 3.8) is 0 Å². The molecule has 0 atom stereocenters. The summed E-state index contributed by atoms with van der Waals surface area (Å²) in [6.07, 6.45) is 1.86. The van der Waals surface area contributed by atoms with E-state index in [9.17, 15) is 4.79 Å². The first kappa shape index (κ1) is 13.5. The second kappa shape index (κ2) is 5.67. The molecule has 5 nitrogen and oxygen atoms in total. The van der Waals surface area contributed by atoms with E-state index in [0.29, 0.717) is 11.4 Å². The highest BCUT2D eigenvalue weighted by atomic mass is 79.9. The first-order chi connectivity index (χ1) is 7.68. The third-order valence-corrected chi connectivity index (χ3v) is 2.40. The van der Waals surface area contributed by atoms with Crippen molar-refractivity contribution in [3.8, 4) is 0 Å². The largest absolute Gasteiger partial charge is 1.00 e. The number of nitrogens with zero attached hydrogens (tertiary/aromatic N) is 3. The molecule has 0 amide bonds. The number of pyridine rings is 1. The van der Waals surface area contributed by atoms with Crippen LogP contribution in [0.2, 0.25) is 0 Å². The number of hydrogen-bond donors (Lipinski definition) is 0. The van der Waals surface area contributed by atoms with Gasteiger partial charge in [0.15, 0.2) is 17.6 Å². The van der Waals surface area contributed by atoms with Crippen LogP contribution in [-0.2, 0) is 6.54 Å². The van der Waals surface area contributed by atoms with E-state index in [2.05, 4.69) is 14.9 Å². The zero-order valence-electron chi connectivity index (χ0n) is 9.55. The molecule has 0 saturated heterocycles. The Balaban J connectivity index is 0.00000144. The Morgan fingerprint density at radius 1 is 1.35 bits per heavy atom. The Bertz CT molecular complexity index is 525. The number of carbonyl (C=O) groups is 1. The molecule has 6 heteroatoms. The van der Waals surface area contributed by atoms with Gasteiger partial charge in [-0.05, 0) is 12.1 Å². The molecule has 0 aliphatic rings. The minimum absolute atomic E-state index is 0. The first-order valence-corrected chi connectivity index (χ1v) is 4.96. The average Bonchev–Trinajstić information content (AvgIpc) is 2.68. The number of Topliss-reactive ketones (excluding diaryl/α,β-unsaturated/α-hetero) is 1. The molecular weight excluding hydrogens is 286 g/mol. The number of aryl methyl sites for hydroxylation is 2. The van der Waals surface area contributed by atoms with Crippen molar-refractivity contribution in [2.24, 2.45) is 0 Å². The second-order valence-electron chi connectivity index (χ2n) is 3.59. The van der Waals surface area contributed by atoms with Crippen molar-refractivity contribution < 1.29 is 31.0 Å². The Morgan fingerprint density at radius 2 is 2.12 bits per heavy atom. The Hall–Kier alpha value is -1.56. The summed E-state index contributed by atoms with van der Waals surface area (Å²) >= 11 is 0. The van der Waals surface area contributed by atoms with Crippen molar-refractivity contribution >= 4 is 5.78 Å². The minimum Gasteiger partial charge on any atom is -1.00 e. The zero-order valence-corrected chi connectivity index (χ0v) is 11.1. The van der Waals surface area contributed by atoms with Crippen LogP contribution in [0.3, 0.4) is 0 Å². The third kappa shape index (κ3) is 2.97. The summed E-state index contributed by atoms with van der Waals surface area (Å²) in [5.41, 5.74) is 1.85. The van der Waals surface area contributed by atoms with Gasteiger partial charge in [0.05, 0.1) is 0 Å². The number of carbonyl (C=O) groups excluding carboxylic acids is 1. The highest BCUT2D eigenvalue weighted by Crippen LogP contribution is 2.01. The van der Waals surface area contributed by atoms with Gasteiger partial charge in [-0.2, -0.15) is 4.57 Å². The van der Waals surface area contributed by atoms with E-state index in [1.165, 1.54) is 0 Å². The standard InChI is InChI=1S/C11H12N3O2.BrH/c1-8-5-3-4-6-14(8)7-10(15)11-9(2)12-16-13-11;/h3-6H,7H2,1-2H3;1H/q+1;/p-1. The molecule has 0 fully saturated rings. The van der Waals surface area contributed by atoms with Gasteiger partial charge >= 0.3 is 0 Å². The van der Waals surface area contributed by atoms with Gasteiger partial charge < -0.3 is 17.0 Å². The number of aromatic nitrogens is 3. The Morgan fingerprint density at radius 3 is 2.71 bits per heavy atom. The van der Waals surface area contributed by atoms with E-state index in [1.54, 1.807) is 6.92 Å². The van der Waals surface area contributed by atoms with Crippen LogP contribution < -0.4 is 21.5 Å². The summed E-state index contributed by atoms with van der Waals surface area (Å²) < 4.78 is 6.36. The fourth-order valence-corrected chi connectivity index (χ4v) is 1.45. The summed E-state index contributed by atoms with van der Waals surface area (Å²) in [6, 6.07) is 5.76. The van der Waals surface area contributed by atoms with Gasteiger partial charge in [-0.3, -0.25) is 4.79 Å².